The molecule has 0 spiro atoms. The molecule has 1 aliphatic rings. The number of hydrogen-bond acceptors (Lipinski definition) is 7. The first kappa shape index (κ1) is 23.9. The number of ether oxygens (including phenoxy) is 1. The molecule has 0 radical (unpaired) electrons. The van der Waals surface area contributed by atoms with Crippen molar-refractivity contribution >= 4 is 33.3 Å². The lowest BCUT2D eigenvalue weighted by atomic mass is 9.98. The second-order valence-electron chi connectivity index (χ2n) is 7.96. The largest absolute Gasteiger partial charge is 0.480 e. The molecular formula is C24H20N2O8S. The molecule has 180 valence electrons. The summed E-state index contributed by atoms with van der Waals surface area (Å²) < 4.78 is 29.1. The zero-order chi connectivity index (χ0) is 25.3. The van der Waals surface area contributed by atoms with Gasteiger partial charge in [0.1, 0.15) is 18.8 Å². The predicted molar refractivity (Wildman–Crippen MR) is 126 cm³/mol. The Labute approximate surface area is 200 Å². The van der Waals surface area contributed by atoms with Crippen molar-refractivity contribution in [3.8, 4) is 11.1 Å². The highest BCUT2D eigenvalue weighted by atomic mass is 32.2. The van der Waals surface area contributed by atoms with Crippen molar-refractivity contribution in [3.63, 3.8) is 0 Å². The molecule has 1 N–H and O–H groups in total. The molecule has 0 bridgehead atoms. The van der Waals surface area contributed by atoms with Gasteiger partial charge >= 0.3 is 12.1 Å². The number of hydrogen-bond donors (Lipinski definition) is 1. The third kappa shape index (κ3) is 4.71. The molecule has 35 heavy (non-hydrogen) atoms. The van der Waals surface area contributed by atoms with E-state index in [0.717, 1.165) is 46.7 Å². The van der Waals surface area contributed by atoms with Crippen LogP contribution < -0.4 is 4.90 Å². The Morgan fingerprint density at radius 3 is 2.11 bits per heavy atom. The van der Waals surface area contributed by atoms with Crippen LogP contribution in [0.2, 0.25) is 0 Å². The van der Waals surface area contributed by atoms with E-state index in [1.165, 1.54) is 0 Å². The van der Waals surface area contributed by atoms with Crippen LogP contribution in [0.5, 0.6) is 0 Å². The Morgan fingerprint density at radius 1 is 1.03 bits per heavy atom. The molecule has 0 aromatic heterocycles. The normalized spacial score (nSPS) is 12.5. The molecule has 3 aromatic carbocycles. The van der Waals surface area contributed by atoms with E-state index in [1.54, 1.807) is 0 Å². The quantitative estimate of drug-likeness (QED) is 0.384. The van der Waals surface area contributed by atoms with Crippen molar-refractivity contribution in [2.45, 2.75) is 10.8 Å². The first-order chi connectivity index (χ1) is 16.6. The summed E-state index contributed by atoms with van der Waals surface area (Å²) in [5.41, 5.74) is 2.76. The number of nitro groups is 1. The summed E-state index contributed by atoms with van der Waals surface area (Å²) >= 11 is 0. The number of carbonyl (C=O) groups excluding carboxylic acids is 1. The van der Waals surface area contributed by atoms with E-state index >= 15 is 0 Å². The highest BCUT2D eigenvalue weighted by molar-refractivity contribution is 7.90. The summed E-state index contributed by atoms with van der Waals surface area (Å²) in [4.78, 5) is 35.5. The maximum absolute atomic E-state index is 13.0. The van der Waals surface area contributed by atoms with Crippen molar-refractivity contribution in [2.75, 3.05) is 24.3 Å². The summed E-state index contributed by atoms with van der Waals surface area (Å²) in [5.74, 6) is -1.74. The zero-order valence-corrected chi connectivity index (χ0v) is 19.3. The molecule has 0 heterocycles. The molecule has 10 nitrogen and oxygen atoms in total. The fourth-order valence-corrected chi connectivity index (χ4v) is 4.80. The van der Waals surface area contributed by atoms with E-state index in [4.69, 9.17) is 4.74 Å². The Bertz CT molecular complexity index is 1410. The van der Waals surface area contributed by atoms with Gasteiger partial charge in [-0.2, -0.15) is 0 Å². The van der Waals surface area contributed by atoms with Gasteiger partial charge in [-0.05, 0) is 34.4 Å². The minimum absolute atomic E-state index is 0.127. The average molecular weight is 496 g/mol. The predicted octanol–water partition coefficient (Wildman–Crippen LogP) is 3.84. The van der Waals surface area contributed by atoms with Gasteiger partial charge in [0.25, 0.3) is 5.69 Å². The smallest absolute Gasteiger partial charge is 0.415 e. The Hall–Kier alpha value is -4.25. The summed E-state index contributed by atoms with van der Waals surface area (Å²) in [6.45, 7) is -1.05. The van der Waals surface area contributed by atoms with E-state index in [9.17, 15) is 33.2 Å². The fourth-order valence-electron chi connectivity index (χ4n) is 4.16. The topological polar surface area (TPSA) is 144 Å². The number of rotatable bonds is 7. The number of anilines is 1. The van der Waals surface area contributed by atoms with Crippen LogP contribution in [0.1, 0.15) is 17.0 Å². The number of carbonyl (C=O) groups is 2. The summed E-state index contributed by atoms with van der Waals surface area (Å²) in [7, 11) is -3.78. The van der Waals surface area contributed by atoms with Gasteiger partial charge in [-0.15, -0.1) is 0 Å². The number of aliphatic carboxylic acids is 1. The van der Waals surface area contributed by atoms with Crippen LogP contribution in [0.4, 0.5) is 16.2 Å². The first-order valence-corrected chi connectivity index (χ1v) is 12.3. The van der Waals surface area contributed by atoms with Crippen molar-refractivity contribution in [2.24, 2.45) is 0 Å². The molecule has 0 aliphatic heterocycles. The van der Waals surface area contributed by atoms with Gasteiger partial charge in [0.05, 0.1) is 9.82 Å². The highest BCUT2D eigenvalue weighted by Crippen LogP contribution is 2.44. The number of nitrogens with zero attached hydrogens (tertiary/aromatic N) is 2. The number of fused-ring (bicyclic) bond motifs is 3. The maximum atomic E-state index is 13.0. The number of amides is 1. The van der Waals surface area contributed by atoms with Gasteiger partial charge in [-0.1, -0.05) is 48.5 Å². The van der Waals surface area contributed by atoms with Gasteiger partial charge in [-0.25, -0.2) is 13.2 Å². The second kappa shape index (κ2) is 9.18. The minimum Gasteiger partial charge on any atom is -0.480 e. The molecule has 0 unspecified atom stereocenters. The molecule has 4 rings (SSSR count). The van der Waals surface area contributed by atoms with Crippen LogP contribution in [0, 0.1) is 10.1 Å². The van der Waals surface area contributed by atoms with Crippen LogP contribution >= 0.6 is 0 Å². The van der Waals surface area contributed by atoms with E-state index in [1.807, 2.05) is 48.5 Å². The number of benzene rings is 3. The van der Waals surface area contributed by atoms with Crippen LogP contribution in [-0.2, 0) is 19.4 Å². The van der Waals surface area contributed by atoms with Crippen LogP contribution in [0.25, 0.3) is 11.1 Å². The van der Waals surface area contributed by atoms with Gasteiger partial charge in [0.2, 0.25) is 0 Å². The van der Waals surface area contributed by atoms with E-state index in [0.29, 0.717) is 4.90 Å². The lowest BCUT2D eigenvalue weighted by molar-refractivity contribution is -0.384. The number of sulfone groups is 1. The third-order valence-electron chi connectivity index (χ3n) is 5.71. The van der Waals surface area contributed by atoms with Gasteiger partial charge < -0.3 is 9.84 Å². The van der Waals surface area contributed by atoms with Crippen LogP contribution in [0.15, 0.2) is 71.6 Å². The number of carboxylic acid groups (broad SMARTS) is 1. The molecule has 1 amide bonds. The molecule has 0 fully saturated rings. The minimum atomic E-state index is -3.78. The molecular weight excluding hydrogens is 476 g/mol. The Kier molecular flexibility index (Phi) is 6.27. The SMILES string of the molecule is CS(=O)(=O)c1ccc(N(CC(=O)O)C(=O)OCC2c3ccccc3-c3ccccc32)c([N+](=O)[O-])c1. The fraction of sp³-hybridized carbons (Fsp3) is 0.167. The van der Waals surface area contributed by atoms with E-state index < -0.39 is 39.1 Å². The van der Waals surface area contributed by atoms with E-state index in [-0.39, 0.29) is 23.1 Å². The summed E-state index contributed by atoms with van der Waals surface area (Å²) in [6, 6.07) is 18.2. The van der Waals surface area contributed by atoms with Gasteiger partial charge in [-0.3, -0.25) is 19.8 Å². The molecule has 0 saturated carbocycles. The van der Waals surface area contributed by atoms with Gasteiger partial charge in [0.15, 0.2) is 9.84 Å². The summed E-state index contributed by atoms with van der Waals surface area (Å²) in [5, 5.41) is 21.0. The molecule has 0 atom stereocenters. The van der Waals surface area contributed by atoms with Crippen molar-refractivity contribution < 1.29 is 32.8 Å². The standard InChI is InChI=1S/C24H20N2O8S/c1-35(32,33)15-10-11-21(22(12-15)26(30)31)25(13-23(27)28)24(29)34-14-20-18-8-4-2-6-16(18)17-7-3-5-9-19(17)20/h2-12,20H,13-14H2,1H3,(H,27,28). The molecule has 3 aromatic rings. The van der Waals surface area contributed by atoms with Crippen LogP contribution in [-0.4, -0.2) is 49.9 Å². The third-order valence-corrected chi connectivity index (χ3v) is 6.82. The lowest BCUT2D eigenvalue weighted by Gasteiger charge is -2.22. The zero-order valence-electron chi connectivity index (χ0n) is 18.5. The average Bonchev–Trinajstić information content (AvgIpc) is 3.13. The molecule has 0 saturated heterocycles. The van der Waals surface area contributed by atoms with E-state index in [2.05, 4.69) is 0 Å². The number of nitro benzene ring substituents is 1. The number of carboxylic acids is 1. The van der Waals surface area contributed by atoms with Crippen molar-refractivity contribution in [1.82, 2.24) is 0 Å². The lowest BCUT2D eigenvalue weighted by Crippen LogP contribution is -2.37. The Morgan fingerprint density at radius 2 is 1.60 bits per heavy atom. The van der Waals surface area contributed by atoms with Crippen molar-refractivity contribution in [1.29, 1.82) is 0 Å². The monoisotopic (exact) mass is 496 g/mol. The first-order valence-electron chi connectivity index (χ1n) is 10.4. The summed E-state index contributed by atoms with van der Waals surface area (Å²) in [6.07, 6.45) is -0.226. The second-order valence-corrected chi connectivity index (χ2v) is 9.98. The highest BCUT2D eigenvalue weighted by Gasteiger charge is 2.32. The Balaban J connectivity index is 1.66. The van der Waals surface area contributed by atoms with Crippen molar-refractivity contribution in [3.05, 3.63) is 88.0 Å². The molecule has 1 aliphatic carbocycles. The van der Waals surface area contributed by atoms with Crippen LogP contribution in [0.3, 0.4) is 0 Å². The molecule has 11 heteroatoms. The maximum Gasteiger partial charge on any atom is 0.415 e. The van der Waals surface area contributed by atoms with Gasteiger partial charge in [0, 0.05) is 18.2 Å².